The highest BCUT2D eigenvalue weighted by Crippen LogP contribution is 2.33. The van der Waals surface area contributed by atoms with Gasteiger partial charge in [0, 0.05) is 38.7 Å². The Morgan fingerprint density at radius 2 is 1.81 bits per heavy atom. The van der Waals surface area contributed by atoms with Crippen molar-refractivity contribution in [2.24, 2.45) is 11.8 Å². The first-order valence-corrected chi connectivity index (χ1v) is 7.76. The van der Waals surface area contributed by atoms with Gasteiger partial charge in [0.15, 0.2) is 0 Å². The molecule has 2 heterocycles. The summed E-state index contributed by atoms with van der Waals surface area (Å²) in [7, 11) is 0. The van der Waals surface area contributed by atoms with E-state index in [0.717, 1.165) is 38.2 Å². The number of carbonyl (C=O) groups excluding carboxylic acids is 2. The fourth-order valence-electron chi connectivity index (χ4n) is 3.60. The summed E-state index contributed by atoms with van der Waals surface area (Å²) < 4.78 is 0. The number of para-hydroxylation sites is 1. The van der Waals surface area contributed by atoms with Crippen LogP contribution < -0.4 is 4.90 Å². The van der Waals surface area contributed by atoms with Gasteiger partial charge in [-0.25, -0.2) is 0 Å². The molecule has 2 aliphatic heterocycles. The Morgan fingerprint density at radius 3 is 2.52 bits per heavy atom. The minimum Gasteiger partial charge on any atom is -0.343 e. The number of fused-ring (bicyclic) bond motifs is 1. The fourth-order valence-corrected chi connectivity index (χ4v) is 3.60. The molecule has 0 aromatic heterocycles. The summed E-state index contributed by atoms with van der Waals surface area (Å²) in [6.07, 6.45) is 2.55. The smallest absolute Gasteiger partial charge is 0.227 e. The van der Waals surface area contributed by atoms with Crippen molar-refractivity contribution >= 4 is 17.5 Å². The highest BCUT2D eigenvalue weighted by atomic mass is 16.2. The topological polar surface area (TPSA) is 40.6 Å². The van der Waals surface area contributed by atoms with Gasteiger partial charge in [0.25, 0.3) is 0 Å². The van der Waals surface area contributed by atoms with Gasteiger partial charge in [-0.05, 0) is 36.8 Å². The largest absolute Gasteiger partial charge is 0.343 e. The Balaban J connectivity index is 1.74. The molecule has 2 fully saturated rings. The van der Waals surface area contributed by atoms with Crippen LogP contribution in [0.5, 0.6) is 0 Å². The molecule has 2 aliphatic rings. The maximum Gasteiger partial charge on any atom is 0.227 e. The van der Waals surface area contributed by atoms with Crippen molar-refractivity contribution in [2.75, 3.05) is 24.5 Å². The third-order valence-corrected chi connectivity index (χ3v) is 4.87. The van der Waals surface area contributed by atoms with Crippen molar-refractivity contribution in [3.63, 3.8) is 0 Å². The van der Waals surface area contributed by atoms with Gasteiger partial charge >= 0.3 is 0 Å². The Morgan fingerprint density at radius 1 is 1.10 bits per heavy atom. The number of piperidine rings is 1. The van der Waals surface area contributed by atoms with Crippen LogP contribution in [0.3, 0.4) is 0 Å². The van der Waals surface area contributed by atoms with Gasteiger partial charge in [0.05, 0.1) is 0 Å². The summed E-state index contributed by atoms with van der Waals surface area (Å²) in [5, 5.41) is 0. The zero-order chi connectivity index (χ0) is 14.8. The van der Waals surface area contributed by atoms with Crippen LogP contribution in [0, 0.1) is 11.8 Å². The zero-order valence-electron chi connectivity index (χ0n) is 12.5. The van der Waals surface area contributed by atoms with E-state index in [-0.39, 0.29) is 11.8 Å². The van der Waals surface area contributed by atoms with Crippen molar-refractivity contribution in [1.82, 2.24) is 4.90 Å². The van der Waals surface area contributed by atoms with Gasteiger partial charge in [-0.15, -0.1) is 0 Å². The Labute approximate surface area is 125 Å². The molecule has 0 radical (unpaired) electrons. The molecule has 2 amide bonds. The van der Waals surface area contributed by atoms with Crippen molar-refractivity contribution in [1.29, 1.82) is 0 Å². The molecule has 4 heteroatoms. The SMILES string of the molecule is CC(=O)N1CC[C@@H]2CC(=O)N(c3ccccc3)CC[C@H]2C1. The lowest BCUT2D eigenvalue weighted by atomic mass is 9.82. The Hall–Kier alpha value is -1.84. The molecular weight excluding hydrogens is 264 g/mol. The van der Waals surface area contributed by atoms with Gasteiger partial charge in [-0.1, -0.05) is 18.2 Å². The first-order valence-electron chi connectivity index (χ1n) is 7.76. The van der Waals surface area contributed by atoms with Crippen LogP contribution in [0.15, 0.2) is 30.3 Å². The molecule has 2 saturated heterocycles. The molecule has 1 aromatic rings. The van der Waals surface area contributed by atoms with Crippen LogP contribution in [0.2, 0.25) is 0 Å². The Kier molecular flexibility index (Phi) is 3.95. The standard InChI is InChI=1S/C17H22N2O2/c1-13(20)18-9-7-14-11-17(21)19(10-8-15(14)12-18)16-5-3-2-4-6-16/h2-6,14-15H,7-12H2,1H3/t14-,15+/m1/s1. The zero-order valence-corrected chi connectivity index (χ0v) is 12.5. The minimum absolute atomic E-state index is 0.156. The summed E-state index contributed by atoms with van der Waals surface area (Å²) in [5.41, 5.74) is 0.990. The van der Waals surface area contributed by atoms with E-state index in [4.69, 9.17) is 0 Å². The van der Waals surface area contributed by atoms with Crippen LogP contribution in [0.25, 0.3) is 0 Å². The number of nitrogens with zero attached hydrogens (tertiary/aromatic N) is 2. The van der Waals surface area contributed by atoms with Gasteiger partial charge in [-0.3, -0.25) is 9.59 Å². The second kappa shape index (κ2) is 5.88. The number of anilines is 1. The van der Waals surface area contributed by atoms with E-state index in [1.165, 1.54) is 0 Å². The summed E-state index contributed by atoms with van der Waals surface area (Å²) in [6.45, 7) is 4.01. The first-order chi connectivity index (χ1) is 10.1. The van der Waals surface area contributed by atoms with Crippen molar-refractivity contribution in [3.05, 3.63) is 30.3 Å². The predicted octanol–water partition coefficient (Wildman–Crippen LogP) is 2.30. The number of rotatable bonds is 1. The van der Waals surface area contributed by atoms with Crippen LogP contribution in [0.4, 0.5) is 5.69 Å². The lowest BCUT2D eigenvalue weighted by Crippen LogP contribution is -2.42. The summed E-state index contributed by atoms with van der Waals surface area (Å²) in [5.74, 6) is 1.27. The van der Waals surface area contributed by atoms with E-state index in [1.807, 2.05) is 40.1 Å². The van der Waals surface area contributed by atoms with Crippen molar-refractivity contribution in [2.45, 2.75) is 26.2 Å². The number of benzene rings is 1. The molecule has 0 spiro atoms. The number of amides is 2. The minimum atomic E-state index is 0.156. The van der Waals surface area contributed by atoms with E-state index in [2.05, 4.69) is 0 Å². The Bertz CT molecular complexity index is 529. The van der Waals surface area contributed by atoms with E-state index in [1.54, 1.807) is 6.92 Å². The molecule has 1 aromatic carbocycles. The second-order valence-corrected chi connectivity index (χ2v) is 6.15. The van der Waals surface area contributed by atoms with E-state index in [0.29, 0.717) is 18.3 Å². The summed E-state index contributed by atoms with van der Waals surface area (Å²) in [6, 6.07) is 9.90. The summed E-state index contributed by atoms with van der Waals surface area (Å²) in [4.78, 5) is 27.9. The third kappa shape index (κ3) is 2.94. The molecular formula is C17H22N2O2. The quantitative estimate of drug-likeness (QED) is 0.795. The predicted molar refractivity (Wildman–Crippen MR) is 81.9 cm³/mol. The average Bonchev–Trinajstić information content (AvgIpc) is 2.65. The summed E-state index contributed by atoms with van der Waals surface area (Å²) >= 11 is 0. The highest BCUT2D eigenvalue weighted by Gasteiger charge is 2.35. The molecule has 4 nitrogen and oxygen atoms in total. The molecule has 112 valence electrons. The molecule has 0 bridgehead atoms. The number of likely N-dealkylation sites (tertiary alicyclic amines) is 1. The van der Waals surface area contributed by atoms with Crippen LogP contribution in [-0.4, -0.2) is 36.3 Å². The van der Waals surface area contributed by atoms with Gasteiger partial charge in [-0.2, -0.15) is 0 Å². The van der Waals surface area contributed by atoms with Crippen molar-refractivity contribution in [3.8, 4) is 0 Å². The molecule has 0 N–H and O–H groups in total. The lowest BCUT2D eigenvalue weighted by Gasteiger charge is -2.36. The monoisotopic (exact) mass is 286 g/mol. The number of carbonyl (C=O) groups is 2. The molecule has 0 saturated carbocycles. The van der Waals surface area contributed by atoms with E-state index in [9.17, 15) is 9.59 Å². The van der Waals surface area contributed by atoms with Gasteiger partial charge in [0.1, 0.15) is 0 Å². The van der Waals surface area contributed by atoms with Crippen LogP contribution in [0.1, 0.15) is 26.2 Å². The highest BCUT2D eigenvalue weighted by molar-refractivity contribution is 5.93. The molecule has 3 rings (SSSR count). The van der Waals surface area contributed by atoms with Gasteiger partial charge < -0.3 is 9.80 Å². The lowest BCUT2D eigenvalue weighted by molar-refractivity contribution is -0.131. The van der Waals surface area contributed by atoms with Crippen LogP contribution in [-0.2, 0) is 9.59 Å². The normalized spacial score (nSPS) is 26.2. The third-order valence-electron chi connectivity index (χ3n) is 4.87. The van der Waals surface area contributed by atoms with Crippen molar-refractivity contribution < 1.29 is 9.59 Å². The number of hydrogen-bond acceptors (Lipinski definition) is 2. The van der Waals surface area contributed by atoms with E-state index < -0.39 is 0 Å². The van der Waals surface area contributed by atoms with Crippen LogP contribution >= 0.6 is 0 Å². The maximum atomic E-state index is 12.5. The average molecular weight is 286 g/mol. The second-order valence-electron chi connectivity index (χ2n) is 6.15. The van der Waals surface area contributed by atoms with Gasteiger partial charge in [0.2, 0.25) is 11.8 Å². The molecule has 2 atom stereocenters. The number of hydrogen-bond donors (Lipinski definition) is 0. The molecule has 21 heavy (non-hydrogen) atoms. The first kappa shape index (κ1) is 14.1. The molecule has 0 aliphatic carbocycles. The maximum absolute atomic E-state index is 12.5. The molecule has 0 unspecified atom stereocenters. The fraction of sp³-hybridized carbons (Fsp3) is 0.529. The van der Waals surface area contributed by atoms with E-state index >= 15 is 0 Å².